The van der Waals surface area contributed by atoms with Gasteiger partial charge in [0.05, 0.1) is 6.26 Å². The van der Waals surface area contributed by atoms with Crippen LogP contribution in [0.4, 0.5) is 0 Å². The third kappa shape index (κ3) is 3.40. The van der Waals surface area contributed by atoms with Gasteiger partial charge in [0.1, 0.15) is 0 Å². The lowest BCUT2D eigenvalue weighted by Gasteiger charge is -2.41. The largest absolute Gasteiger partial charge is 0.314 e. The molecule has 0 amide bonds. The molecule has 2 aliphatic rings. The molecular formula is C11H23N3O2S. The average Bonchev–Trinajstić information content (AvgIpc) is 2.28. The van der Waals surface area contributed by atoms with E-state index in [4.69, 9.17) is 0 Å². The lowest BCUT2D eigenvalue weighted by molar-refractivity contribution is 0.106. The van der Waals surface area contributed by atoms with E-state index in [1.807, 2.05) is 0 Å². The van der Waals surface area contributed by atoms with Crippen LogP contribution in [0.1, 0.15) is 19.8 Å². The van der Waals surface area contributed by atoms with Gasteiger partial charge in [-0.1, -0.05) is 0 Å². The van der Waals surface area contributed by atoms with Crippen LogP contribution >= 0.6 is 0 Å². The Bertz CT molecular complexity index is 350. The molecule has 0 aromatic carbocycles. The zero-order chi connectivity index (χ0) is 12.5. The summed E-state index contributed by atoms with van der Waals surface area (Å²) in [6.45, 7) is 6.36. The van der Waals surface area contributed by atoms with Crippen molar-refractivity contribution in [2.24, 2.45) is 0 Å². The van der Waals surface area contributed by atoms with Crippen LogP contribution in [0.2, 0.25) is 0 Å². The maximum Gasteiger partial charge on any atom is 0.211 e. The molecule has 2 unspecified atom stereocenters. The summed E-state index contributed by atoms with van der Waals surface area (Å²) in [5, 5.41) is 3.45. The number of piperazine rings is 1. The first-order chi connectivity index (χ1) is 7.97. The first-order valence-corrected chi connectivity index (χ1v) is 8.24. The summed E-state index contributed by atoms with van der Waals surface area (Å²) in [6, 6.07) is 1.22. The van der Waals surface area contributed by atoms with E-state index in [-0.39, 0.29) is 0 Å². The molecule has 6 heteroatoms. The Morgan fingerprint density at radius 3 is 2.35 bits per heavy atom. The minimum Gasteiger partial charge on any atom is -0.314 e. The number of nitrogens with zero attached hydrogens (tertiary/aromatic N) is 2. The van der Waals surface area contributed by atoms with Crippen LogP contribution < -0.4 is 5.32 Å². The van der Waals surface area contributed by atoms with Gasteiger partial charge in [-0.15, -0.1) is 0 Å². The van der Waals surface area contributed by atoms with Crippen molar-refractivity contribution in [1.29, 1.82) is 0 Å². The van der Waals surface area contributed by atoms with Crippen molar-refractivity contribution < 1.29 is 8.42 Å². The number of sulfonamides is 1. The van der Waals surface area contributed by atoms with Gasteiger partial charge in [0.15, 0.2) is 0 Å². The lowest BCUT2D eigenvalue weighted by Crippen LogP contribution is -2.54. The SMILES string of the molecule is CC1CC(N2CCN(S(C)(=O)=O)CC2)CCN1. The minimum atomic E-state index is -3.00. The molecule has 5 nitrogen and oxygen atoms in total. The second-order valence-electron chi connectivity index (χ2n) is 5.23. The quantitative estimate of drug-likeness (QED) is 0.742. The molecule has 2 atom stereocenters. The molecule has 0 aromatic heterocycles. The van der Waals surface area contributed by atoms with Gasteiger partial charge in [-0.25, -0.2) is 8.42 Å². The van der Waals surface area contributed by atoms with Gasteiger partial charge in [0, 0.05) is 38.3 Å². The highest BCUT2D eigenvalue weighted by atomic mass is 32.2. The molecule has 0 radical (unpaired) electrons. The van der Waals surface area contributed by atoms with Crippen molar-refractivity contribution in [3.8, 4) is 0 Å². The summed E-state index contributed by atoms with van der Waals surface area (Å²) in [7, 11) is -3.00. The van der Waals surface area contributed by atoms with Crippen LogP contribution in [0.15, 0.2) is 0 Å². The normalized spacial score (nSPS) is 33.8. The van der Waals surface area contributed by atoms with Crippen LogP contribution in [0.25, 0.3) is 0 Å². The third-order valence-corrected chi connectivity index (χ3v) is 5.16. The minimum absolute atomic E-state index is 0.585. The molecule has 0 saturated carbocycles. The Balaban J connectivity index is 1.86. The second kappa shape index (κ2) is 5.22. The molecule has 100 valence electrons. The molecule has 2 fully saturated rings. The van der Waals surface area contributed by atoms with E-state index in [0.29, 0.717) is 25.2 Å². The number of rotatable bonds is 2. The van der Waals surface area contributed by atoms with Crippen LogP contribution in [0, 0.1) is 0 Å². The van der Waals surface area contributed by atoms with Crippen LogP contribution in [0.5, 0.6) is 0 Å². The fourth-order valence-electron chi connectivity index (χ4n) is 2.84. The van der Waals surface area contributed by atoms with E-state index >= 15 is 0 Å². The fourth-order valence-corrected chi connectivity index (χ4v) is 3.66. The van der Waals surface area contributed by atoms with Gasteiger partial charge in [0.25, 0.3) is 0 Å². The first-order valence-electron chi connectivity index (χ1n) is 6.39. The highest BCUT2D eigenvalue weighted by Gasteiger charge is 2.29. The van der Waals surface area contributed by atoms with E-state index < -0.39 is 10.0 Å². The van der Waals surface area contributed by atoms with Crippen molar-refractivity contribution in [3.63, 3.8) is 0 Å². The van der Waals surface area contributed by atoms with Gasteiger partial charge in [-0.2, -0.15) is 4.31 Å². The molecule has 17 heavy (non-hydrogen) atoms. The summed E-state index contributed by atoms with van der Waals surface area (Å²) >= 11 is 0. The Hall–Kier alpha value is -0.170. The summed E-state index contributed by atoms with van der Waals surface area (Å²) in [5.74, 6) is 0. The highest BCUT2D eigenvalue weighted by Crippen LogP contribution is 2.18. The summed E-state index contributed by atoms with van der Waals surface area (Å²) in [5.41, 5.74) is 0. The molecule has 2 rings (SSSR count). The molecule has 0 aromatic rings. The smallest absolute Gasteiger partial charge is 0.211 e. The second-order valence-corrected chi connectivity index (χ2v) is 7.21. The van der Waals surface area contributed by atoms with Crippen molar-refractivity contribution in [2.75, 3.05) is 39.0 Å². The number of hydrogen-bond acceptors (Lipinski definition) is 4. The average molecular weight is 261 g/mol. The van der Waals surface area contributed by atoms with Gasteiger partial charge in [-0.05, 0) is 26.3 Å². The van der Waals surface area contributed by atoms with Crippen molar-refractivity contribution in [3.05, 3.63) is 0 Å². The van der Waals surface area contributed by atoms with E-state index in [1.165, 1.54) is 19.1 Å². The molecule has 2 aliphatic heterocycles. The number of hydrogen-bond donors (Lipinski definition) is 1. The van der Waals surface area contributed by atoms with Crippen LogP contribution in [0.3, 0.4) is 0 Å². The topological polar surface area (TPSA) is 52.7 Å². The summed E-state index contributed by atoms with van der Waals surface area (Å²) in [4.78, 5) is 2.46. The van der Waals surface area contributed by atoms with Gasteiger partial charge < -0.3 is 5.32 Å². The van der Waals surface area contributed by atoms with Crippen molar-refractivity contribution in [1.82, 2.24) is 14.5 Å². The predicted octanol–water partition coefficient (Wildman–Crippen LogP) is -0.296. The van der Waals surface area contributed by atoms with Gasteiger partial charge in [0.2, 0.25) is 10.0 Å². The Kier molecular flexibility index (Phi) is 4.07. The standard InChI is InChI=1S/C11H23N3O2S/c1-10-9-11(3-4-12-10)13-5-7-14(8-6-13)17(2,15)16/h10-12H,3-9H2,1-2H3. The Morgan fingerprint density at radius 2 is 1.82 bits per heavy atom. The van der Waals surface area contributed by atoms with E-state index in [2.05, 4.69) is 17.1 Å². The molecule has 0 bridgehead atoms. The van der Waals surface area contributed by atoms with Crippen LogP contribution in [-0.4, -0.2) is 68.7 Å². The zero-order valence-corrected chi connectivity index (χ0v) is 11.5. The predicted molar refractivity (Wildman–Crippen MR) is 68.5 cm³/mol. The monoisotopic (exact) mass is 261 g/mol. The third-order valence-electron chi connectivity index (χ3n) is 3.85. The van der Waals surface area contributed by atoms with Crippen LogP contribution in [-0.2, 0) is 10.0 Å². The number of nitrogens with one attached hydrogen (secondary N) is 1. The molecule has 2 saturated heterocycles. The molecular weight excluding hydrogens is 238 g/mol. The molecule has 1 N–H and O–H groups in total. The fraction of sp³-hybridized carbons (Fsp3) is 1.00. The Labute approximate surface area is 104 Å². The Morgan fingerprint density at radius 1 is 1.18 bits per heavy atom. The van der Waals surface area contributed by atoms with E-state index in [9.17, 15) is 8.42 Å². The zero-order valence-electron chi connectivity index (χ0n) is 10.7. The summed E-state index contributed by atoms with van der Waals surface area (Å²) in [6.07, 6.45) is 3.66. The maximum absolute atomic E-state index is 11.4. The molecule has 0 aliphatic carbocycles. The number of piperidine rings is 1. The lowest BCUT2D eigenvalue weighted by atomic mass is 9.98. The first kappa shape index (κ1) is 13.3. The summed E-state index contributed by atoms with van der Waals surface area (Å²) < 4.78 is 24.4. The van der Waals surface area contributed by atoms with Crippen molar-refractivity contribution in [2.45, 2.75) is 31.8 Å². The molecule has 0 spiro atoms. The van der Waals surface area contributed by atoms with E-state index in [1.54, 1.807) is 4.31 Å². The van der Waals surface area contributed by atoms with Crippen molar-refractivity contribution >= 4 is 10.0 Å². The maximum atomic E-state index is 11.4. The van der Waals surface area contributed by atoms with Gasteiger partial charge in [-0.3, -0.25) is 4.90 Å². The molecule has 2 heterocycles. The van der Waals surface area contributed by atoms with Gasteiger partial charge >= 0.3 is 0 Å². The highest BCUT2D eigenvalue weighted by molar-refractivity contribution is 7.88. The van der Waals surface area contributed by atoms with E-state index in [0.717, 1.165) is 19.6 Å².